The third-order valence-electron chi connectivity index (χ3n) is 5.08. The summed E-state index contributed by atoms with van der Waals surface area (Å²) >= 11 is 1.07. The van der Waals surface area contributed by atoms with Crippen molar-refractivity contribution in [1.82, 2.24) is 9.80 Å². The number of rotatable bonds is 6. The summed E-state index contributed by atoms with van der Waals surface area (Å²) in [4.78, 5) is 50.7. The largest absolute Gasteiger partial charge is 0.478 e. The fourth-order valence-corrected chi connectivity index (χ4v) is 4.25. The van der Waals surface area contributed by atoms with E-state index in [2.05, 4.69) is 6.58 Å². The number of aromatic carboxylic acids is 1. The minimum Gasteiger partial charge on any atom is -0.478 e. The van der Waals surface area contributed by atoms with Crippen molar-refractivity contribution in [2.45, 2.75) is 16.7 Å². The molecule has 32 heavy (non-hydrogen) atoms. The summed E-state index contributed by atoms with van der Waals surface area (Å²) in [5.74, 6) is -1.47. The molecule has 0 bridgehead atoms. The predicted molar refractivity (Wildman–Crippen MR) is 118 cm³/mol. The first-order valence-electron chi connectivity index (χ1n) is 9.71. The molecular weight excluding hydrogens is 434 g/mol. The molecule has 0 atom stereocenters. The lowest BCUT2D eigenvalue weighted by Crippen LogP contribution is -2.50. The van der Waals surface area contributed by atoms with Gasteiger partial charge in [-0.15, -0.1) is 0 Å². The van der Waals surface area contributed by atoms with Crippen LogP contribution in [0.25, 0.3) is 5.57 Å². The molecule has 0 spiro atoms. The van der Waals surface area contributed by atoms with Crippen LogP contribution < -0.4 is 0 Å². The number of carbonyl (C=O) groups excluding carboxylic acids is 2. The second kappa shape index (κ2) is 9.65. The highest BCUT2D eigenvalue weighted by molar-refractivity contribution is 7.99. The highest BCUT2D eigenvalue weighted by Crippen LogP contribution is 2.37. The van der Waals surface area contributed by atoms with E-state index >= 15 is 0 Å². The average molecular weight is 455 g/mol. The van der Waals surface area contributed by atoms with Crippen molar-refractivity contribution in [2.75, 3.05) is 26.2 Å². The number of carboxylic acid groups (broad SMARTS) is 1. The van der Waals surface area contributed by atoms with Gasteiger partial charge in [0.2, 0.25) is 5.91 Å². The zero-order chi connectivity index (χ0) is 23.4. The molecule has 0 aliphatic carbocycles. The standard InChI is InChI=1S/C22H21N3O6S/c1-14(21(27)24-10-8-23(9-11-24)15(2)26)16-6-7-20(19(13-16)25(30)31)32-18-5-3-4-17(12-18)22(28)29/h3-7,12-13H,1,8-11H2,2H3,(H,28,29). The number of hydrogen-bond donors (Lipinski definition) is 1. The van der Waals surface area contributed by atoms with Crippen molar-refractivity contribution in [1.29, 1.82) is 0 Å². The smallest absolute Gasteiger partial charge is 0.335 e. The van der Waals surface area contributed by atoms with Gasteiger partial charge in [-0.1, -0.05) is 30.5 Å². The number of carbonyl (C=O) groups is 3. The van der Waals surface area contributed by atoms with E-state index in [1.54, 1.807) is 28.0 Å². The number of benzene rings is 2. The third kappa shape index (κ3) is 5.14. The van der Waals surface area contributed by atoms with Crippen molar-refractivity contribution in [3.05, 3.63) is 70.3 Å². The SMILES string of the molecule is C=C(C(=O)N1CCN(C(C)=O)CC1)c1ccc(Sc2cccc(C(=O)O)c2)c([N+](=O)[O-])c1. The minimum absolute atomic E-state index is 0.0477. The molecule has 0 unspecified atom stereocenters. The van der Waals surface area contributed by atoms with Gasteiger partial charge in [0, 0.05) is 49.6 Å². The van der Waals surface area contributed by atoms with Gasteiger partial charge in [0.1, 0.15) is 0 Å². The van der Waals surface area contributed by atoms with Crippen LogP contribution in [0, 0.1) is 10.1 Å². The number of hydrogen-bond acceptors (Lipinski definition) is 6. The lowest BCUT2D eigenvalue weighted by Gasteiger charge is -2.34. The van der Waals surface area contributed by atoms with Crippen LogP contribution in [-0.2, 0) is 9.59 Å². The van der Waals surface area contributed by atoms with Gasteiger partial charge in [-0.05, 0) is 29.8 Å². The van der Waals surface area contributed by atoms with Crippen molar-refractivity contribution in [3.63, 3.8) is 0 Å². The first kappa shape index (κ1) is 23.0. The van der Waals surface area contributed by atoms with Gasteiger partial charge in [0.15, 0.2) is 0 Å². The molecule has 1 N–H and O–H groups in total. The Morgan fingerprint density at radius 2 is 1.69 bits per heavy atom. The Hall–Kier alpha value is -3.66. The summed E-state index contributed by atoms with van der Waals surface area (Å²) in [5, 5.41) is 20.8. The van der Waals surface area contributed by atoms with Crippen LogP contribution in [0.3, 0.4) is 0 Å². The van der Waals surface area contributed by atoms with Crippen LogP contribution in [-0.4, -0.2) is 63.8 Å². The number of carboxylic acids is 1. The zero-order valence-electron chi connectivity index (χ0n) is 17.3. The van der Waals surface area contributed by atoms with Crippen LogP contribution in [0.2, 0.25) is 0 Å². The molecule has 1 fully saturated rings. The summed E-state index contributed by atoms with van der Waals surface area (Å²) in [6.45, 7) is 6.91. The molecule has 166 valence electrons. The van der Waals surface area contributed by atoms with E-state index in [0.717, 1.165) is 11.8 Å². The van der Waals surface area contributed by atoms with E-state index in [4.69, 9.17) is 5.11 Å². The molecule has 10 heteroatoms. The van der Waals surface area contributed by atoms with Gasteiger partial charge in [0.25, 0.3) is 11.6 Å². The van der Waals surface area contributed by atoms with E-state index < -0.39 is 10.9 Å². The highest BCUT2D eigenvalue weighted by atomic mass is 32.2. The molecule has 3 rings (SSSR count). The number of nitro benzene ring substituents is 1. The van der Waals surface area contributed by atoms with Crippen molar-refractivity contribution >= 4 is 40.8 Å². The molecule has 9 nitrogen and oxygen atoms in total. The normalized spacial score (nSPS) is 13.5. The van der Waals surface area contributed by atoms with Crippen LogP contribution in [0.15, 0.2) is 58.8 Å². The monoisotopic (exact) mass is 455 g/mol. The maximum Gasteiger partial charge on any atom is 0.335 e. The summed E-state index contributed by atoms with van der Waals surface area (Å²) in [5.41, 5.74) is 0.342. The molecule has 1 saturated heterocycles. The van der Waals surface area contributed by atoms with Crippen LogP contribution in [0.5, 0.6) is 0 Å². The van der Waals surface area contributed by atoms with Crippen molar-refractivity contribution < 1.29 is 24.4 Å². The molecule has 1 aliphatic heterocycles. The van der Waals surface area contributed by atoms with E-state index in [9.17, 15) is 24.5 Å². The molecular formula is C22H21N3O6S. The Morgan fingerprint density at radius 1 is 1.03 bits per heavy atom. The maximum atomic E-state index is 12.8. The number of nitrogens with zero attached hydrogens (tertiary/aromatic N) is 3. The lowest BCUT2D eigenvalue weighted by molar-refractivity contribution is -0.387. The Bertz CT molecular complexity index is 1110. The highest BCUT2D eigenvalue weighted by Gasteiger charge is 2.26. The van der Waals surface area contributed by atoms with E-state index in [-0.39, 0.29) is 28.6 Å². The fraction of sp³-hybridized carbons (Fsp3) is 0.227. The van der Waals surface area contributed by atoms with Crippen molar-refractivity contribution in [3.8, 4) is 0 Å². The Kier molecular flexibility index (Phi) is 6.94. The second-order valence-electron chi connectivity index (χ2n) is 7.15. The van der Waals surface area contributed by atoms with Crippen molar-refractivity contribution in [2.24, 2.45) is 0 Å². The predicted octanol–water partition coefficient (Wildman–Crippen LogP) is 3.15. The third-order valence-corrected chi connectivity index (χ3v) is 6.14. The molecule has 0 saturated carbocycles. The number of nitro groups is 1. The molecule has 0 aromatic heterocycles. The maximum absolute atomic E-state index is 12.8. The van der Waals surface area contributed by atoms with Gasteiger partial charge in [-0.2, -0.15) is 0 Å². The fourth-order valence-electron chi connectivity index (χ4n) is 3.29. The Morgan fingerprint density at radius 3 is 2.28 bits per heavy atom. The van der Waals surface area contributed by atoms with Crippen LogP contribution >= 0.6 is 11.8 Å². The zero-order valence-corrected chi connectivity index (χ0v) is 18.1. The first-order valence-corrected chi connectivity index (χ1v) is 10.5. The van der Waals surface area contributed by atoms with E-state index in [1.807, 2.05) is 0 Å². The topological polar surface area (TPSA) is 121 Å². The average Bonchev–Trinajstić information content (AvgIpc) is 2.78. The lowest BCUT2D eigenvalue weighted by atomic mass is 10.1. The second-order valence-corrected chi connectivity index (χ2v) is 8.27. The molecule has 2 amide bonds. The number of amides is 2. The minimum atomic E-state index is -1.09. The molecule has 1 heterocycles. The molecule has 2 aromatic carbocycles. The summed E-state index contributed by atoms with van der Waals surface area (Å²) in [7, 11) is 0. The van der Waals surface area contributed by atoms with E-state index in [1.165, 1.54) is 31.2 Å². The summed E-state index contributed by atoms with van der Waals surface area (Å²) < 4.78 is 0. The quantitative estimate of drug-likeness (QED) is 0.403. The van der Waals surface area contributed by atoms with Gasteiger partial charge in [-0.25, -0.2) is 4.79 Å². The van der Waals surface area contributed by atoms with Gasteiger partial charge in [-0.3, -0.25) is 19.7 Å². The van der Waals surface area contributed by atoms with Gasteiger partial charge in [0.05, 0.1) is 15.4 Å². The van der Waals surface area contributed by atoms with Gasteiger partial charge < -0.3 is 14.9 Å². The summed E-state index contributed by atoms with van der Waals surface area (Å²) in [6.07, 6.45) is 0. The molecule has 1 aliphatic rings. The molecule has 2 aromatic rings. The Labute approximate surface area is 188 Å². The number of piperazine rings is 1. The van der Waals surface area contributed by atoms with Crippen LogP contribution in [0.4, 0.5) is 5.69 Å². The summed E-state index contributed by atoms with van der Waals surface area (Å²) in [6, 6.07) is 10.5. The van der Waals surface area contributed by atoms with Gasteiger partial charge >= 0.3 is 5.97 Å². The van der Waals surface area contributed by atoms with E-state index in [0.29, 0.717) is 41.5 Å². The first-order chi connectivity index (χ1) is 15.2. The molecule has 0 radical (unpaired) electrons. The van der Waals surface area contributed by atoms with Crippen LogP contribution in [0.1, 0.15) is 22.8 Å². The Balaban J connectivity index is 1.79.